The Labute approximate surface area is 98.5 Å². The summed E-state index contributed by atoms with van der Waals surface area (Å²) in [4.78, 5) is 2.42. The smallest absolute Gasteiger partial charge is 0.0752 e. The zero-order valence-corrected chi connectivity index (χ0v) is 10.7. The molecule has 2 heterocycles. The Hall–Kier alpha value is -0.120. The highest BCUT2D eigenvalue weighted by molar-refractivity contribution is 5.07. The van der Waals surface area contributed by atoms with Gasteiger partial charge >= 0.3 is 0 Å². The molecule has 3 unspecified atom stereocenters. The summed E-state index contributed by atoms with van der Waals surface area (Å²) < 4.78 is 0. The van der Waals surface area contributed by atoms with Gasteiger partial charge in [-0.1, -0.05) is 13.8 Å². The van der Waals surface area contributed by atoms with Crippen LogP contribution in [0.1, 0.15) is 46.0 Å². The Morgan fingerprint density at radius 2 is 1.81 bits per heavy atom. The minimum absolute atomic E-state index is 0.0865. The fourth-order valence-corrected chi connectivity index (χ4v) is 3.53. The van der Waals surface area contributed by atoms with Crippen LogP contribution in [-0.4, -0.2) is 46.5 Å². The number of hydrogen-bond acceptors (Lipinski definition) is 3. The number of aliphatic hydroxyl groups is 2. The van der Waals surface area contributed by atoms with E-state index in [0.717, 1.165) is 19.3 Å². The number of fused-ring (bicyclic) bond motifs is 2. The molecule has 0 radical (unpaired) electrons. The Balaban J connectivity index is 2.21. The van der Waals surface area contributed by atoms with Crippen LogP contribution in [0.15, 0.2) is 0 Å². The van der Waals surface area contributed by atoms with Gasteiger partial charge in [0.05, 0.1) is 12.2 Å². The van der Waals surface area contributed by atoms with Crippen molar-refractivity contribution in [1.29, 1.82) is 0 Å². The highest BCUT2D eigenvalue weighted by atomic mass is 16.3. The fraction of sp³-hybridized carbons (Fsp3) is 1.00. The molecule has 94 valence electrons. The van der Waals surface area contributed by atoms with Gasteiger partial charge in [-0.05, 0) is 39.2 Å². The molecule has 0 amide bonds. The van der Waals surface area contributed by atoms with Crippen molar-refractivity contribution in [2.45, 2.75) is 63.6 Å². The second-order valence-electron chi connectivity index (χ2n) is 6.06. The molecule has 2 fully saturated rings. The summed E-state index contributed by atoms with van der Waals surface area (Å²) in [6, 6.07) is 1.03. The van der Waals surface area contributed by atoms with Crippen molar-refractivity contribution in [3.63, 3.8) is 0 Å². The zero-order valence-electron chi connectivity index (χ0n) is 10.7. The molecule has 2 bridgehead atoms. The third-order valence-corrected chi connectivity index (χ3v) is 5.38. The fourth-order valence-electron chi connectivity index (χ4n) is 3.53. The van der Waals surface area contributed by atoms with Crippen molar-refractivity contribution in [2.24, 2.45) is 5.41 Å². The number of hydrogen-bond donors (Lipinski definition) is 2. The van der Waals surface area contributed by atoms with E-state index in [4.69, 9.17) is 0 Å². The summed E-state index contributed by atoms with van der Waals surface area (Å²) in [5, 5.41) is 20.5. The average Bonchev–Trinajstić information content (AvgIpc) is 2.52. The molecular weight excluding hydrogens is 202 g/mol. The van der Waals surface area contributed by atoms with Crippen molar-refractivity contribution in [1.82, 2.24) is 4.90 Å². The van der Waals surface area contributed by atoms with Gasteiger partial charge in [-0.2, -0.15) is 0 Å². The second-order valence-corrected chi connectivity index (χ2v) is 6.06. The quantitative estimate of drug-likeness (QED) is 0.765. The van der Waals surface area contributed by atoms with Gasteiger partial charge in [0.1, 0.15) is 0 Å². The van der Waals surface area contributed by atoms with E-state index in [9.17, 15) is 10.2 Å². The summed E-state index contributed by atoms with van der Waals surface area (Å²) in [5.41, 5.74) is -1.01. The second kappa shape index (κ2) is 3.97. The van der Waals surface area contributed by atoms with Crippen LogP contribution in [-0.2, 0) is 0 Å². The normalized spacial score (nSPS) is 43.3. The van der Waals surface area contributed by atoms with E-state index in [1.54, 1.807) is 0 Å². The van der Waals surface area contributed by atoms with E-state index in [1.807, 2.05) is 6.92 Å². The Kier molecular flexibility index (Phi) is 3.06. The molecule has 2 aliphatic rings. The van der Waals surface area contributed by atoms with E-state index < -0.39 is 5.60 Å². The van der Waals surface area contributed by atoms with Crippen molar-refractivity contribution in [3.05, 3.63) is 0 Å². The minimum Gasteiger partial charge on any atom is -0.396 e. The van der Waals surface area contributed by atoms with Gasteiger partial charge in [-0.3, -0.25) is 0 Å². The van der Waals surface area contributed by atoms with E-state index >= 15 is 0 Å². The van der Waals surface area contributed by atoms with E-state index in [2.05, 4.69) is 18.9 Å². The SMILES string of the molecule is CCC(C)(CO)C1(O)CC2CCC(C1)N2C. The molecule has 0 aromatic rings. The lowest BCUT2D eigenvalue weighted by molar-refractivity contribution is -0.146. The maximum atomic E-state index is 10.9. The molecular formula is C13H25NO2. The molecule has 3 atom stereocenters. The monoisotopic (exact) mass is 227 g/mol. The van der Waals surface area contributed by atoms with Gasteiger partial charge in [-0.15, -0.1) is 0 Å². The lowest BCUT2D eigenvalue weighted by Crippen LogP contribution is -2.58. The van der Waals surface area contributed by atoms with Crippen LogP contribution in [0, 0.1) is 5.41 Å². The number of rotatable bonds is 3. The topological polar surface area (TPSA) is 43.7 Å². The van der Waals surface area contributed by atoms with E-state index in [1.165, 1.54) is 12.8 Å². The molecule has 0 aromatic heterocycles. The molecule has 0 saturated carbocycles. The summed E-state index contributed by atoms with van der Waals surface area (Å²) in [5.74, 6) is 0. The van der Waals surface area contributed by atoms with Crippen LogP contribution < -0.4 is 0 Å². The lowest BCUT2D eigenvalue weighted by atomic mass is 9.65. The first-order valence-corrected chi connectivity index (χ1v) is 6.51. The molecule has 0 aromatic carbocycles. The maximum absolute atomic E-state index is 10.9. The van der Waals surface area contributed by atoms with Crippen LogP contribution in [0.5, 0.6) is 0 Å². The molecule has 2 rings (SSSR count). The molecule has 3 nitrogen and oxygen atoms in total. The van der Waals surface area contributed by atoms with Crippen LogP contribution in [0.4, 0.5) is 0 Å². The number of aliphatic hydroxyl groups excluding tert-OH is 1. The van der Waals surface area contributed by atoms with Gasteiger partial charge in [0.2, 0.25) is 0 Å². The highest BCUT2D eigenvalue weighted by Gasteiger charge is 2.53. The van der Waals surface area contributed by atoms with Crippen LogP contribution in [0.25, 0.3) is 0 Å². The zero-order chi connectivity index (χ0) is 12.0. The number of nitrogens with zero attached hydrogens (tertiary/aromatic N) is 1. The van der Waals surface area contributed by atoms with Gasteiger partial charge in [0, 0.05) is 17.5 Å². The van der Waals surface area contributed by atoms with Crippen molar-refractivity contribution >= 4 is 0 Å². The molecule has 2 aliphatic heterocycles. The molecule has 2 saturated heterocycles. The average molecular weight is 227 g/mol. The number of piperidine rings is 1. The largest absolute Gasteiger partial charge is 0.396 e. The first-order valence-electron chi connectivity index (χ1n) is 6.51. The standard InChI is InChI=1S/C13H25NO2/c1-4-12(2,9-15)13(16)7-10-5-6-11(8-13)14(10)3/h10-11,15-16H,4-9H2,1-3H3. The first kappa shape index (κ1) is 12.3. The Morgan fingerprint density at radius 1 is 1.31 bits per heavy atom. The predicted molar refractivity (Wildman–Crippen MR) is 64.2 cm³/mol. The first-order chi connectivity index (χ1) is 7.46. The predicted octanol–water partition coefficient (Wildman–Crippen LogP) is 1.38. The van der Waals surface area contributed by atoms with Gasteiger partial charge in [0.15, 0.2) is 0 Å². The third-order valence-electron chi connectivity index (χ3n) is 5.38. The summed E-state index contributed by atoms with van der Waals surface area (Å²) in [7, 11) is 2.17. The van der Waals surface area contributed by atoms with E-state index in [-0.39, 0.29) is 12.0 Å². The molecule has 16 heavy (non-hydrogen) atoms. The molecule has 3 heteroatoms. The van der Waals surface area contributed by atoms with Crippen molar-refractivity contribution in [3.8, 4) is 0 Å². The van der Waals surface area contributed by atoms with E-state index in [0.29, 0.717) is 12.1 Å². The maximum Gasteiger partial charge on any atom is 0.0752 e. The van der Waals surface area contributed by atoms with Gasteiger partial charge in [-0.25, -0.2) is 0 Å². The molecule has 2 N–H and O–H groups in total. The lowest BCUT2D eigenvalue weighted by Gasteiger charge is -2.51. The minimum atomic E-state index is -0.672. The molecule has 0 spiro atoms. The van der Waals surface area contributed by atoms with Gasteiger partial charge in [0.25, 0.3) is 0 Å². The van der Waals surface area contributed by atoms with Crippen LogP contribution in [0.2, 0.25) is 0 Å². The summed E-state index contributed by atoms with van der Waals surface area (Å²) in [6.07, 6.45) is 4.89. The van der Waals surface area contributed by atoms with Gasteiger partial charge < -0.3 is 15.1 Å². The van der Waals surface area contributed by atoms with Crippen molar-refractivity contribution < 1.29 is 10.2 Å². The Bertz CT molecular complexity index is 249. The summed E-state index contributed by atoms with van der Waals surface area (Å²) >= 11 is 0. The van der Waals surface area contributed by atoms with Crippen LogP contribution >= 0.6 is 0 Å². The Morgan fingerprint density at radius 3 is 2.19 bits per heavy atom. The van der Waals surface area contributed by atoms with Crippen molar-refractivity contribution in [2.75, 3.05) is 13.7 Å². The highest BCUT2D eigenvalue weighted by Crippen LogP contribution is 2.49. The molecule has 0 aliphatic carbocycles. The summed E-state index contributed by atoms with van der Waals surface area (Å²) in [6.45, 7) is 4.18. The third kappa shape index (κ3) is 1.60. The van der Waals surface area contributed by atoms with Crippen LogP contribution in [0.3, 0.4) is 0 Å².